The molecule has 3 rings (SSSR count). The van der Waals surface area contributed by atoms with E-state index < -0.39 is 0 Å². The van der Waals surface area contributed by atoms with E-state index in [0.29, 0.717) is 19.7 Å². The summed E-state index contributed by atoms with van der Waals surface area (Å²) in [6.45, 7) is 3.94. The zero-order valence-corrected chi connectivity index (χ0v) is 13.2. The van der Waals surface area contributed by atoms with Crippen molar-refractivity contribution in [3.63, 3.8) is 0 Å². The van der Waals surface area contributed by atoms with E-state index in [0.717, 1.165) is 32.5 Å². The number of nitrogens with zero attached hydrogens (tertiary/aromatic N) is 1. The smallest absolute Gasteiger partial charge is 0.236 e. The Hall–Kier alpha value is -0.950. The molecule has 0 bridgehead atoms. The molecule has 1 fully saturated rings. The zero-order chi connectivity index (χ0) is 14.7. The van der Waals surface area contributed by atoms with Crippen molar-refractivity contribution in [1.82, 2.24) is 10.2 Å². The summed E-state index contributed by atoms with van der Waals surface area (Å²) in [5.74, 6) is 0.164. The standard InChI is InChI=1S/C15H22N2O3S/c1-19-15(4-6-20-11-15)10-16-8-14(18)17-5-2-13-12(9-17)3-7-21-13/h3,7,16H,2,4-6,8-11H2,1H3. The molecule has 2 aliphatic rings. The number of rotatable bonds is 5. The van der Waals surface area contributed by atoms with Gasteiger partial charge in [0.15, 0.2) is 0 Å². The molecular weight excluding hydrogens is 288 g/mol. The minimum atomic E-state index is -0.261. The van der Waals surface area contributed by atoms with Crippen LogP contribution in [0.2, 0.25) is 0 Å². The molecular formula is C15H22N2O3S. The zero-order valence-electron chi connectivity index (χ0n) is 12.4. The maximum atomic E-state index is 12.3. The van der Waals surface area contributed by atoms with Crippen molar-refractivity contribution in [3.8, 4) is 0 Å². The lowest BCUT2D eigenvalue weighted by atomic mass is 10.0. The third kappa shape index (κ3) is 3.29. The number of carbonyl (C=O) groups is 1. The number of fused-ring (bicyclic) bond motifs is 1. The van der Waals surface area contributed by atoms with Crippen molar-refractivity contribution in [2.24, 2.45) is 0 Å². The van der Waals surface area contributed by atoms with Gasteiger partial charge < -0.3 is 19.7 Å². The Kier molecular flexibility index (Phi) is 4.59. The number of hydrogen-bond donors (Lipinski definition) is 1. The Morgan fingerprint density at radius 3 is 3.29 bits per heavy atom. The Morgan fingerprint density at radius 1 is 1.62 bits per heavy atom. The lowest BCUT2D eigenvalue weighted by Gasteiger charge is -2.29. The van der Waals surface area contributed by atoms with Crippen LogP contribution in [0.25, 0.3) is 0 Å². The van der Waals surface area contributed by atoms with Crippen LogP contribution in [0.5, 0.6) is 0 Å². The van der Waals surface area contributed by atoms with Gasteiger partial charge in [-0.25, -0.2) is 0 Å². The highest BCUT2D eigenvalue weighted by Gasteiger charge is 2.34. The van der Waals surface area contributed by atoms with Gasteiger partial charge in [-0.3, -0.25) is 4.79 Å². The summed E-state index contributed by atoms with van der Waals surface area (Å²) >= 11 is 1.79. The summed E-state index contributed by atoms with van der Waals surface area (Å²) in [4.78, 5) is 15.7. The van der Waals surface area contributed by atoms with Gasteiger partial charge in [0.25, 0.3) is 0 Å². The molecule has 0 saturated carbocycles. The molecule has 1 aromatic rings. The van der Waals surface area contributed by atoms with Gasteiger partial charge in [-0.15, -0.1) is 11.3 Å². The summed E-state index contributed by atoms with van der Waals surface area (Å²) in [5.41, 5.74) is 1.04. The van der Waals surface area contributed by atoms with E-state index >= 15 is 0 Å². The van der Waals surface area contributed by atoms with E-state index in [1.807, 2.05) is 4.90 Å². The molecule has 1 atom stereocenters. The second-order valence-electron chi connectivity index (χ2n) is 5.73. The maximum Gasteiger partial charge on any atom is 0.236 e. The summed E-state index contributed by atoms with van der Waals surface area (Å²) in [6.07, 6.45) is 1.86. The molecule has 5 nitrogen and oxygen atoms in total. The SMILES string of the molecule is COC1(CNCC(=O)N2CCc3sccc3C2)CCOC1. The van der Waals surface area contributed by atoms with Crippen molar-refractivity contribution in [1.29, 1.82) is 0 Å². The van der Waals surface area contributed by atoms with Crippen LogP contribution in [0.3, 0.4) is 0 Å². The van der Waals surface area contributed by atoms with Gasteiger partial charge in [0.2, 0.25) is 5.91 Å². The molecule has 1 amide bonds. The van der Waals surface area contributed by atoms with Crippen LogP contribution in [0.1, 0.15) is 16.9 Å². The average Bonchev–Trinajstić information content (AvgIpc) is 3.15. The van der Waals surface area contributed by atoms with Gasteiger partial charge in [0.1, 0.15) is 5.60 Å². The van der Waals surface area contributed by atoms with E-state index in [-0.39, 0.29) is 11.5 Å². The fourth-order valence-corrected chi connectivity index (χ4v) is 3.82. The first kappa shape index (κ1) is 15.0. The number of amides is 1. The van der Waals surface area contributed by atoms with Crippen molar-refractivity contribution < 1.29 is 14.3 Å². The topological polar surface area (TPSA) is 50.8 Å². The summed E-state index contributed by atoms with van der Waals surface area (Å²) in [6, 6.07) is 2.13. The van der Waals surface area contributed by atoms with Gasteiger partial charge in [-0.05, 0) is 23.4 Å². The molecule has 1 N–H and O–H groups in total. The van der Waals surface area contributed by atoms with Gasteiger partial charge in [-0.1, -0.05) is 0 Å². The highest BCUT2D eigenvalue weighted by Crippen LogP contribution is 2.24. The fourth-order valence-electron chi connectivity index (χ4n) is 2.93. The van der Waals surface area contributed by atoms with Crippen LogP contribution in [0.4, 0.5) is 0 Å². The van der Waals surface area contributed by atoms with E-state index in [9.17, 15) is 4.79 Å². The fraction of sp³-hybridized carbons (Fsp3) is 0.667. The molecule has 1 unspecified atom stereocenters. The number of carbonyl (C=O) groups excluding carboxylic acids is 1. The Morgan fingerprint density at radius 2 is 2.52 bits per heavy atom. The van der Waals surface area contributed by atoms with Crippen molar-refractivity contribution in [2.75, 3.05) is 40.0 Å². The summed E-state index contributed by atoms with van der Waals surface area (Å²) in [7, 11) is 1.71. The quantitative estimate of drug-likeness (QED) is 0.882. The van der Waals surface area contributed by atoms with Crippen molar-refractivity contribution in [2.45, 2.75) is 25.0 Å². The normalized spacial score (nSPS) is 25.1. The number of hydrogen-bond acceptors (Lipinski definition) is 5. The van der Waals surface area contributed by atoms with E-state index in [4.69, 9.17) is 9.47 Å². The van der Waals surface area contributed by atoms with Crippen LogP contribution < -0.4 is 5.32 Å². The van der Waals surface area contributed by atoms with E-state index in [1.54, 1.807) is 18.4 Å². The molecule has 116 valence electrons. The van der Waals surface area contributed by atoms with Gasteiger partial charge in [0, 0.05) is 44.6 Å². The lowest BCUT2D eigenvalue weighted by molar-refractivity contribution is -0.131. The Labute approximate surface area is 129 Å². The highest BCUT2D eigenvalue weighted by molar-refractivity contribution is 7.10. The van der Waals surface area contributed by atoms with Crippen LogP contribution in [-0.4, -0.2) is 56.4 Å². The van der Waals surface area contributed by atoms with E-state index in [1.165, 1.54) is 10.4 Å². The van der Waals surface area contributed by atoms with Crippen molar-refractivity contribution >= 4 is 17.2 Å². The second-order valence-corrected chi connectivity index (χ2v) is 6.73. The molecule has 1 saturated heterocycles. The number of methoxy groups -OCH3 is 1. The molecule has 0 aromatic carbocycles. The Bertz CT molecular complexity index is 497. The molecule has 3 heterocycles. The summed E-state index contributed by atoms with van der Waals surface area (Å²) < 4.78 is 10.9. The first-order valence-corrected chi connectivity index (χ1v) is 8.27. The van der Waals surface area contributed by atoms with Gasteiger partial charge in [-0.2, -0.15) is 0 Å². The number of thiophene rings is 1. The number of ether oxygens (including phenoxy) is 2. The monoisotopic (exact) mass is 310 g/mol. The predicted molar refractivity (Wildman–Crippen MR) is 81.5 cm³/mol. The predicted octanol–water partition coefficient (Wildman–Crippen LogP) is 1.03. The van der Waals surface area contributed by atoms with E-state index in [2.05, 4.69) is 16.8 Å². The first-order valence-electron chi connectivity index (χ1n) is 7.39. The van der Waals surface area contributed by atoms with Crippen LogP contribution in [-0.2, 0) is 27.2 Å². The first-order chi connectivity index (χ1) is 10.2. The minimum Gasteiger partial charge on any atom is -0.378 e. The third-order valence-corrected chi connectivity index (χ3v) is 5.41. The third-order valence-electron chi connectivity index (χ3n) is 4.38. The largest absolute Gasteiger partial charge is 0.378 e. The van der Waals surface area contributed by atoms with Gasteiger partial charge in [0.05, 0.1) is 13.2 Å². The molecule has 21 heavy (non-hydrogen) atoms. The molecule has 1 aromatic heterocycles. The highest BCUT2D eigenvalue weighted by atomic mass is 32.1. The second kappa shape index (κ2) is 6.44. The minimum absolute atomic E-state index is 0.164. The van der Waals surface area contributed by atoms with Crippen LogP contribution in [0.15, 0.2) is 11.4 Å². The Balaban J connectivity index is 1.47. The van der Waals surface area contributed by atoms with Gasteiger partial charge >= 0.3 is 0 Å². The number of nitrogens with one attached hydrogen (secondary N) is 1. The van der Waals surface area contributed by atoms with Crippen molar-refractivity contribution in [3.05, 3.63) is 21.9 Å². The molecule has 2 aliphatic heterocycles. The van der Waals surface area contributed by atoms with Crippen LogP contribution in [0, 0.1) is 0 Å². The molecule has 0 spiro atoms. The maximum absolute atomic E-state index is 12.3. The molecule has 6 heteroatoms. The summed E-state index contributed by atoms with van der Waals surface area (Å²) in [5, 5.41) is 5.35. The lowest BCUT2D eigenvalue weighted by Crippen LogP contribution is -2.47. The molecule has 0 aliphatic carbocycles. The average molecular weight is 310 g/mol. The van der Waals surface area contributed by atoms with Crippen LogP contribution >= 0.6 is 11.3 Å². The molecule has 0 radical (unpaired) electrons.